The molecule has 0 fully saturated rings. The summed E-state index contributed by atoms with van der Waals surface area (Å²) in [6, 6.07) is 9.81. The molecule has 2 atom stereocenters. The molecule has 1 spiro atoms. The summed E-state index contributed by atoms with van der Waals surface area (Å²) in [6.45, 7) is 1.94. The molecule has 2 aliphatic heterocycles. The summed E-state index contributed by atoms with van der Waals surface area (Å²) in [4.78, 5) is 28.6. The van der Waals surface area contributed by atoms with Gasteiger partial charge in [-0.15, -0.1) is 0 Å². The van der Waals surface area contributed by atoms with Gasteiger partial charge in [-0.1, -0.05) is 23.7 Å². The number of carbonyl (C=O) groups excluding carboxylic acids is 1. The van der Waals surface area contributed by atoms with Crippen molar-refractivity contribution in [2.75, 3.05) is 7.05 Å². The number of benzene rings is 1. The second kappa shape index (κ2) is 7.38. The van der Waals surface area contributed by atoms with E-state index in [1.54, 1.807) is 54.8 Å². The molecule has 162 valence electrons. The molecule has 2 aromatic heterocycles. The van der Waals surface area contributed by atoms with Gasteiger partial charge in [0.1, 0.15) is 23.0 Å². The predicted octanol–water partition coefficient (Wildman–Crippen LogP) is 4.17. The zero-order chi connectivity index (χ0) is 22.5. The van der Waals surface area contributed by atoms with E-state index in [-0.39, 0.29) is 11.7 Å². The van der Waals surface area contributed by atoms with Crippen LogP contribution in [0.15, 0.2) is 66.2 Å². The Balaban J connectivity index is 1.63. The topological polar surface area (TPSA) is 67.7 Å². The average molecular weight is 451 g/mol. The standard InChI is InChI=1S/C24H20ClFN4O2/c1-23(10-15-3-5-18(26)6-4-15)14-24(19-7-8-27-13-20(19)32-23)22(31)30(2)21(29-24)16-9-17(25)12-28-11-16/h3-9,11-13H,10,14H2,1-2H3. The van der Waals surface area contributed by atoms with E-state index in [2.05, 4.69) is 9.97 Å². The number of pyridine rings is 2. The van der Waals surface area contributed by atoms with Crippen molar-refractivity contribution in [1.82, 2.24) is 14.9 Å². The molecule has 0 saturated carbocycles. The number of ether oxygens (including phenoxy) is 1. The van der Waals surface area contributed by atoms with Gasteiger partial charge < -0.3 is 4.74 Å². The lowest BCUT2D eigenvalue weighted by Crippen LogP contribution is -2.51. The minimum atomic E-state index is -1.17. The van der Waals surface area contributed by atoms with E-state index in [9.17, 15) is 9.18 Å². The Bertz CT molecular complexity index is 1250. The van der Waals surface area contributed by atoms with Crippen molar-refractivity contribution in [1.29, 1.82) is 0 Å². The van der Waals surface area contributed by atoms with Gasteiger partial charge in [0.15, 0.2) is 5.54 Å². The van der Waals surface area contributed by atoms with Crippen molar-refractivity contribution in [2.45, 2.75) is 30.9 Å². The summed E-state index contributed by atoms with van der Waals surface area (Å²) in [5.41, 5.74) is 0.296. The second-order valence-electron chi connectivity index (χ2n) is 8.46. The average Bonchev–Trinajstić information content (AvgIpc) is 3.01. The Morgan fingerprint density at radius 2 is 1.94 bits per heavy atom. The molecule has 4 heterocycles. The van der Waals surface area contributed by atoms with Gasteiger partial charge in [0, 0.05) is 49.6 Å². The molecule has 0 aliphatic carbocycles. The molecule has 0 bridgehead atoms. The van der Waals surface area contributed by atoms with E-state index < -0.39 is 11.1 Å². The molecule has 1 aromatic carbocycles. The van der Waals surface area contributed by atoms with E-state index >= 15 is 0 Å². The number of nitrogens with zero attached hydrogens (tertiary/aromatic N) is 4. The van der Waals surface area contributed by atoms with Crippen LogP contribution in [0.25, 0.3) is 0 Å². The first kappa shape index (κ1) is 20.6. The zero-order valence-electron chi connectivity index (χ0n) is 17.5. The Labute approximate surface area is 189 Å². The first-order chi connectivity index (χ1) is 15.3. The van der Waals surface area contributed by atoms with Crippen molar-refractivity contribution in [3.05, 3.63) is 88.7 Å². The fourth-order valence-corrected chi connectivity index (χ4v) is 4.81. The number of aliphatic imine (C=N–C) groups is 1. The number of rotatable bonds is 3. The van der Waals surface area contributed by atoms with Crippen LogP contribution < -0.4 is 4.74 Å². The van der Waals surface area contributed by atoms with Crippen molar-refractivity contribution in [3.8, 4) is 5.75 Å². The van der Waals surface area contributed by atoms with Crippen LogP contribution in [0.1, 0.15) is 30.0 Å². The van der Waals surface area contributed by atoms with E-state index in [1.807, 2.05) is 6.92 Å². The Kier molecular flexibility index (Phi) is 4.74. The summed E-state index contributed by atoms with van der Waals surface area (Å²) >= 11 is 6.14. The number of carbonyl (C=O) groups is 1. The maximum Gasteiger partial charge on any atom is 0.260 e. The Morgan fingerprint density at radius 3 is 2.69 bits per heavy atom. The quantitative estimate of drug-likeness (QED) is 0.600. The molecule has 5 rings (SSSR count). The minimum absolute atomic E-state index is 0.159. The fraction of sp³-hybridized carbons (Fsp3) is 0.250. The Morgan fingerprint density at radius 1 is 1.16 bits per heavy atom. The SMILES string of the molecule is CN1C(=O)C2(CC(C)(Cc3ccc(F)cc3)Oc3cnccc32)N=C1c1cncc(Cl)c1. The van der Waals surface area contributed by atoms with Crippen molar-refractivity contribution >= 4 is 23.3 Å². The molecule has 3 aromatic rings. The van der Waals surface area contributed by atoms with Gasteiger partial charge in [-0.2, -0.15) is 0 Å². The zero-order valence-corrected chi connectivity index (χ0v) is 18.3. The van der Waals surface area contributed by atoms with Crippen LogP contribution in [-0.2, 0) is 16.8 Å². The van der Waals surface area contributed by atoms with Gasteiger partial charge in [0.2, 0.25) is 0 Å². The molecular weight excluding hydrogens is 431 g/mol. The monoisotopic (exact) mass is 450 g/mol. The molecule has 2 aliphatic rings. The molecule has 8 heteroatoms. The number of likely N-dealkylation sites (N-methyl/N-ethyl adjacent to an activating group) is 1. The molecule has 6 nitrogen and oxygen atoms in total. The predicted molar refractivity (Wildman–Crippen MR) is 118 cm³/mol. The number of amides is 1. The summed E-state index contributed by atoms with van der Waals surface area (Å²) < 4.78 is 19.8. The maximum absolute atomic E-state index is 13.7. The number of hydrogen-bond acceptors (Lipinski definition) is 5. The second-order valence-corrected chi connectivity index (χ2v) is 8.89. The normalized spacial score (nSPS) is 24.3. The van der Waals surface area contributed by atoms with Crippen LogP contribution in [0.3, 0.4) is 0 Å². The highest BCUT2D eigenvalue weighted by Gasteiger charge is 2.57. The van der Waals surface area contributed by atoms with Gasteiger partial charge in [0.05, 0.1) is 11.2 Å². The first-order valence-corrected chi connectivity index (χ1v) is 10.5. The number of aromatic nitrogens is 2. The number of fused-ring (bicyclic) bond motifs is 2. The number of hydrogen-bond donors (Lipinski definition) is 0. The molecule has 0 radical (unpaired) electrons. The van der Waals surface area contributed by atoms with Gasteiger partial charge in [-0.3, -0.25) is 19.7 Å². The molecular formula is C24H20ClFN4O2. The highest BCUT2D eigenvalue weighted by molar-refractivity contribution is 6.31. The molecule has 0 N–H and O–H groups in total. The highest BCUT2D eigenvalue weighted by Crippen LogP contribution is 2.50. The van der Waals surface area contributed by atoms with Crippen LogP contribution in [0.2, 0.25) is 5.02 Å². The lowest BCUT2D eigenvalue weighted by molar-refractivity contribution is -0.133. The van der Waals surface area contributed by atoms with Gasteiger partial charge >= 0.3 is 0 Å². The van der Waals surface area contributed by atoms with Crippen LogP contribution >= 0.6 is 11.6 Å². The summed E-state index contributed by atoms with van der Waals surface area (Å²) in [7, 11) is 1.70. The van der Waals surface area contributed by atoms with E-state index in [0.29, 0.717) is 40.6 Å². The molecule has 2 unspecified atom stereocenters. The van der Waals surface area contributed by atoms with Crippen LogP contribution in [-0.4, -0.2) is 39.3 Å². The van der Waals surface area contributed by atoms with E-state index in [1.165, 1.54) is 18.3 Å². The lowest BCUT2D eigenvalue weighted by Gasteiger charge is -2.43. The Hall–Kier alpha value is -3.32. The third-order valence-electron chi connectivity index (χ3n) is 5.94. The molecule has 0 saturated heterocycles. The van der Waals surface area contributed by atoms with E-state index in [4.69, 9.17) is 21.3 Å². The summed E-state index contributed by atoms with van der Waals surface area (Å²) in [5, 5.41) is 0.463. The highest BCUT2D eigenvalue weighted by atomic mass is 35.5. The van der Waals surface area contributed by atoms with Crippen LogP contribution in [0.4, 0.5) is 4.39 Å². The van der Waals surface area contributed by atoms with Crippen LogP contribution in [0, 0.1) is 5.82 Å². The lowest BCUT2D eigenvalue weighted by atomic mass is 9.75. The van der Waals surface area contributed by atoms with Crippen molar-refractivity contribution < 1.29 is 13.9 Å². The fourth-order valence-electron chi connectivity index (χ4n) is 4.63. The summed E-state index contributed by atoms with van der Waals surface area (Å²) in [5.74, 6) is 0.554. The molecule has 32 heavy (non-hydrogen) atoms. The van der Waals surface area contributed by atoms with Gasteiger partial charge in [-0.05, 0) is 36.8 Å². The van der Waals surface area contributed by atoms with Crippen molar-refractivity contribution in [2.24, 2.45) is 4.99 Å². The van der Waals surface area contributed by atoms with Gasteiger partial charge in [0.25, 0.3) is 5.91 Å². The first-order valence-electron chi connectivity index (χ1n) is 10.2. The van der Waals surface area contributed by atoms with E-state index in [0.717, 1.165) is 5.56 Å². The van der Waals surface area contributed by atoms with Gasteiger partial charge in [-0.25, -0.2) is 9.38 Å². The molecule has 1 amide bonds. The number of amidine groups is 1. The van der Waals surface area contributed by atoms with Crippen LogP contribution in [0.5, 0.6) is 5.75 Å². The largest absolute Gasteiger partial charge is 0.485 e. The smallest absolute Gasteiger partial charge is 0.260 e. The minimum Gasteiger partial charge on any atom is -0.485 e. The summed E-state index contributed by atoms with van der Waals surface area (Å²) in [6.07, 6.45) is 7.21. The maximum atomic E-state index is 13.7. The third kappa shape index (κ3) is 3.33. The van der Waals surface area contributed by atoms with Crippen molar-refractivity contribution in [3.63, 3.8) is 0 Å². The third-order valence-corrected chi connectivity index (χ3v) is 6.15. The number of halogens is 2.